The number of likely N-dealkylation sites (tertiary alicyclic amines) is 1. The van der Waals surface area contributed by atoms with E-state index in [0.29, 0.717) is 11.7 Å². The number of aromatic nitrogens is 1. The van der Waals surface area contributed by atoms with Crippen LogP contribution in [0.5, 0.6) is 0 Å². The van der Waals surface area contributed by atoms with Crippen LogP contribution in [-0.4, -0.2) is 35.3 Å². The van der Waals surface area contributed by atoms with Crippen molar-refractivity contribution in [1.29, 1.82) is 0 Å². The fraction of sp³-hybridized carbons (Fsp3) is 0.737. The minimum Gasteiger partial charge on any atom is -0.362 e. The van der Waals surface area contributed by atoms with E-state index in [1.54, 1.807) is 0 Å². The summed E-state index contributed by atoms with van der Waals surface area (Å²) in [6, 6.07) is 0. The number of unbranched alkanes of at least 4 members (excludes halogenated alkanes) is 2. The third-order valence-corrected chi connectivity index (χ3v) is 5.72. The lowest BCUT2D eigenvalue weighted by Crippen LogP contribution is -2.47. The van der Waals surface area contributed by atoms with Gasteiger partial charge in [0.2, 0.25) is 0 Å². The predicted octanol–water partition coefficient (Wildman–Crippen LogP) is 3.75. The highest BCUT2D eigenvalue weighted by Gasteiger charge is 2.41. The maximum absolute atomic E-state index is 13.1. The van der Waals surface area contributed by atoms with E-state index >= 15 is 0 Å². The first-order valence-electron chi connectivity index (χ1n) is 9.12. The number of piperidine rings is 1. The molecular formula is C19H30N2O. The largest absolute Gasteiger partial charge is 0.362 e. The van der Waals surface area contributed by atoms with E-state index in [4.69, 9.17) is 0 Å². The van der Waals surface area contributed by atoms with Crippen LogP contribution in [0.15, 0.2) is 0 Å². The average molecular weight is 302 g/mol. The number of rotatable bonds is 5. The van der Waals surface area contributed by atoms with E-state index in [0.717, 1.165) is 24.9 Å². The number of carbonyl (C=O) groups excluding carboxylic acids is 1. The van der Waals surface area contributed by atoms with E-state index in [1.165, 1.54) is 55.7 Å². The Balaban J connectivity index is 1.76. The highest BCUT2D eigenvalue weighted by atomic mass is 16.1. The van der Waals surface area contributed by atoms with Crippen molar-refractivity contribution >= 4 is 5.78 Å². The Hall–Kier alpha value is -1.09. The fourth-order valence-corrected chi connectivity index (χ4v) is 4.47. The molecule has 1 saturated heterocycles. The second kappa shape index (κ2) is 6.57. The van der Waals surface area contributed by atoms with Crippen molar-refractivity contribution in [2.45, 2.75) is 59.3 Å². The van der Waals surface area contributed by atoms with Gasteiger partial charge < -0.3 is 9.88 Å². The van der Waals surface area contributed by atoms with Gasteiger partial charge in [-0.2, -0.15) is 0 Å². The zero-order chi connectivity index (χ0) is 15.7. The first-order valence-corrected chi connectivity index (χ1v) is 9.12. The summed E-state index contributed by atoms with van der Waals surface area (Å²) in [6.45, 7) is 9.86. The molecule has 1 aromatic heterocycles. The first-order chi connectivity index (χ1) is 10.7. The molecule has 1 aromatic rings. The van der Waals surface area contributed by atoms with Gasteiger partial charge in [0.15, 0.2) is 5.78 Å². The van der Waals surface area contributed by atoms with Crippen molar-refractivity contribution in [2.24, 2.45) is 11.8 Å². The molecule has 3 nitrogen and oxygen atoms in total. The molecule has 0 radical (unpaired) electrons. The molecule has 2 aliphatic rings. The van der Waals surface area contributed by atoms with E-state index < -0.39 is 0 Å². The van der Waals surface area contributed by atoms with Crippen LogP contribution in [0.2, 0.25) is 0 Å². The third kappa shape index (κ3) is 2.76. The number of fused-ring (bicyclic) bond motifs is 2. The van der Waals surface area contributed by atoms with Gasteiger partial charge >= 0.3 is 0 Å². The molecule has 0 spiro atoms. The summed E-state index contributed by atoms with van der Waals surface area (Å²) in [5.41, 5.74) is 4.75. The van der Waals surface area contributed by atoms with Crippen molar-refractivity contribution in [2.75, 3.05) is 19.6 Å². The molecule has 122 valence electrons. The van der Waals surface area contributed by atoms with Crippen LogP contribution in [0, 0.1) is 18.8 Å². The molecule has 2 atom stereocenters. The molecule has 0 amide bonds. The van der Waals surface area contributed by atoms with Crippen LogP contribution >= 0.6 is 0 Å². The molecule has 0 saturated carbocycles. The minimum atomic E-state index is 0.239. The molecule has 3 rings (SSSR count). The van der Waals surface area contributed by atoms with Crippen LogP contribution in [0.4, 0.5) is 0 Å². The van der Waals surface area contributed by atoms with Gasteiger partial charge in [-0.3, -0.25) is 4.79 Å². The van der Waals surface area contributed by atoms with E-state index in [-0.39, 0.29) is 5.92 Å². The van der Waals surface area contributed by atoms with Crippen molar-refractivity contribution in [3.8, 4) is 0 Å². The van der Waals surface area contributed by atoms with Crippen LogP contribution in [0.3, 0.4) is 0 Å². The summed E-state index contributed by atoms with van der Waals surface area (Å²) in [7, 11) is 0. The van der Waals surface area contributed by atoms with E-state index in [1.807, 2.05) is 0 Å². The Morgan fingerprint density at radius 1 is 1.27 bits per heavy atom. The SMILES string of the molecule is CCCCCN1CCC2Cc3[nH]c(C)c(CC)c3C(=O)C2C1. The number of H-pyrrole nitrogens is 1. The molecule has 22 heavy (non-hydrogen) atoms. The average Bonchev–Trinajstić information content (AvgIpc) is 2.83. The number of hydrogen-bond acceptors (Lipinski definition) is 2. The Morgan fingerprint density at radius 3 is 2.82 bits per heavy atom. The molecule has 3 heteroatoms. The van der Waals surface area contributed by atoms with Crippen LogP contribution in [0.1, 0.15) is 66.8 Å². The van der Waals surface area contributed by atoms with Crippen molar-refractivity contribution < 1.29 is 4.79 Å². The van der Waals surface area contributed by atoms with E-state index in [2.05, 4.69) is 30.7 Å². The van der Waals surface area contributed by atoms with Crippen molar-refractivity contribution in [3.05, 3.63) is 22.5 Å². The normalized spacial score (nSPS) is 25.1. The number of aromatic amines is 1. The molecule has 2 unspecified atom stereocenters. The van der Waals surface area contributed by atoms with Crippen LogP contribution in [0.25, 0.3) is 0 Å². The quantitative estimate of drug-likeness (QED) is 0.841. The summed E-state index contributed by atoms with van der Waals surface area (Å²) >= 11 is 0. The maximum Gasteiger partial charge on any atom is 0.169 e. The monoisotopic (exact) mass is 302 g/mol. The molecule has 0 aromatic carbocycles. The number of Topliss-reactive ketones (excluding diaryl/α,β-unsaturated/α-hetero) is 1. The smallest absolute Gasteiger partial charge is 0.169 e. The molecule has 1 aliphatic carbocycles. The highest BCUT2D eigenvalue weighted by Crippen LogP contribution is 2.38. The summed E-state index contributed by atoms with van der Waals surface area (Å²) in [4.78, 5) is 19.1. The maximum atomic E-state index is 13.1. The van der Waals surface area contributed by atoms with Crippen molar-refractivity contribution in [3.63, 3.8) is 0 Å². The molecule has 2 heterocycles. The van der Waals surface area contributed by atoms with Gasteiger partial charge in [0.05, 0.1) is 0 Å². The Labute approximate surface area is 134 Å². The van der Waals surface area contributed by atoms with Gasteiger partial charge in [0.25, 0.3) is 0 Å². The molecule has 1 fully saturated rings. The topological polar surface area (TPSA) is 36.1 Å². The van der Waals surface area contributed by atoms with Gasteiger partial charge in [-0.05, 0) is 57.2 Å². The fourth-order valence-electron chi connectivity index (χ4n) is 4.47. The number of nitrogens with zero attached hydrogens (tertiary/aromatic N) is 1. The lowest BCUT2D eigenvalue weighted by atomic mass is 9.72. The molecule has 0 bridgehead atoms. The Kier molecular flexibility index (Phi) is 4.72. The second-order valence-corrected chi connectivity index (χ2v) is 7.17. The second-order valence-electron chi connectivity index (χ2n) is 7.17. The van der Waals surface area contributed by atoms with Gasteiger partial charge in [-0.1, -0.05) is 26.7 Å². The molecule has 1 N–H and O–H groups in total. The zero-order valence-electron chi connectivity index (χ0n) is 14.4. The predicted molar refractivity (Wildman–Crippen MR) is 90.5 cm³/mol. The Morgan fingerprint density at radius 2 is 2.09 bits per heavy atom. The number of nitrogens with one attached hydrogen (secondary N) is 1. The van der Waals surface area contributed by atoms with Gasteiger partial charge in [-0.25, -0.2) is 0 Å². The highest BCUT2D eigenvalue weighted by molar-refractivity contribution is 6.02. The third-order valence-electron chi connectivity index (χ3n) is 5.72. The standard InChI is InChI=1S/C19H30N2O/c1-4-6-7-9-21-10-8-14-11-17-18(19(22)16(14)12-21)15(5-2)13(3)20-17/h14,16,20H,4-12H2,1-3H3. The number of ketones is 1. The summed E-state index contributed by atoms with van der Waals surface area (Å²) in [6.07, 6.45) is 7.07. The summed E-state index contributed by atoms with van der Waals surface area (Å²) in [5, 5.41) is 0. The number of hydrogen-bond donors (Lipinski definition) is 1. The lowest BCUT2D eigenvalue weighted by Gasteiger charge is -2.40. The van der Waals surface area contributed by atoms with E-state index in [9.17, 15) is 4.79 Å². The van der Waals surface area contributed by atoms with Crippen LogP contribution in [-0.2, 0) is 12.8 Å². The lowest BCUT2D eigenvalue weighted by molar-refractivity contribution is 0.0657. The van der Waals surface area contributed by atoms with Crippen molar-refractivity contribution in [1.82, 2.24) is 9.88 Å². The first kappa shape index (κ1) is 15.8. The number of carbonyl (C=O) groups is 1. The van der Waals surface area contributed by atoms with Gasteiger partial charge in [-0.15, -0.1) is 0 Å². The molecule has 1 aliphatic heterocycles. The van der Waals surface area contributed by atoms with Crippen LogP contribution < -0.4 is 0 Å². The number of aryl methyl sites for hydroxylation is 1. The summed E-state index contributed by atoms with van der Waals surface area (Å²) in [5.74, 6) is 1.22. The zero-order valence-corrected chi connectivity index (χ0v) is 14.4. The summed E-state index contributed by atoms with van der Waals surface area (Å²) < 4.78 is 0. The van der Waals surface area contributed by atoms with Gasteiger partial charge in [0, 0.05) is 29.4 Å². The minimum absolute atomic E-state index is 0.239. The Bertz CT molecular complexity index is 546. The molecular weight excluding hydrogens is 272 g/mol. The van der Waals surface area contributed by atoms with Gasteiger partial charge in [0.1, 0.15) is 0 Å².